The Hall–Kier alpha value is -1.47. The van der Waals surface area contributed by atoms with Crippen LogP contribution >= 0.6 is 0 Å². The average molecular weight is 255 g/mol. The quantitative estimate of drug-likeness (QED) is 0.807. The summed E-state index contributed by atoms with van der Waals surface area (Å²) >= 11 is 0. The molecule has 98 valence electrons. The second-order valence-corrected chi connectivity index (χ2v) is 3.86. The summed E-state index contributed by atoms with van der Waals surface area (Å²) in [6.45, 7) is 4.45. The van der Waals surface area contributed by atoms with Crippen molar-refractivity contribution in [2.75, 3.05) is 6.54 Å². The van der Waals surface area contributed by atoms with Crippen molar-refractivity contribution >= 4 is 0 Å². The van der Waals surface area contributed by atoms with Gasteiger partial charge in [0.2, 0.25) is 0 Å². The number of hydrogen-bond acceptors (Lipinski definition) is 1. The topological polar surface area (TPSA) is 12.0 Å². The summed E-state index contributed by atoms with van der Waals surface area (Å²) in [5, 5.41) is 3.21. The molecule has 0 spiro atoms. The molecule has 0 fully saturated rings. The standard InChI is InChI=1S/C14H16F3N/c1-3-5-6-13(18-4-2)11-7-9-12(10-8-11)14(15,16)17/h7-10,13,18H,4,6H2,1-2H3. The Morgan fingerprint density at radius 1 is 1.22 bits per heavy atom. The summed E-state index contributed by atoms with van der Waals surface area (Å²) < 4.78 is 37.3. The zero-order valence-corrected chi connectivity index (χ0v) is 10.4. The van der Waals surface area contributed by atoms with Crippen molar-refractivity contribution in [3.8, 4) is 11.8 Å². The van der Waals surface area contributed by atoms with Crippen LogP contribution in [0.25, 0.3) is 0 Å². The second-order valence-electron chi connectivity index (χ2n) is 3.86. The number of alkyl halides is 3. The molecule has 0 saturated heterocycles. The Balaban J connectivity index is 2.88. The van der Waals surface area contributed by atoms with E-state index >= 15 is 0 Å². The van der Waals surface area contributed by atoms with Gasteiger partial charge in [-0.05, 0) is 31.2 Å². The first kappa shape index (κ1) is 14.6. The third-order valence-corrected chi connectivity index (χ3v) is 2.57. The number of hydrogen-bond donors (Lipinski definition) is 1. The number of nitrogens with one attached hydrogen (secondary N) is 1. The Labute approximate surface area is 105 Å². The normalized spacial score (nSPS) is 12.7. The molecule has 0 heterocycles. The van der Waals surface area contributed by atoms with Crippen molar-refractivity contribution in [3.05, 3.63) is 35.4 Å². The highest BCUT2D eigenvalue weighted by Crippen LogP contribution is 2.30. The predicted molar refractivity (Wildman–Crippen MR) is 65.9 cm³/mol. The maximum atomic E-state index is 12.4. The molecule has 1 unspecified atom stereocenters. The molecule has 1 atom stereocenters. The molecule has 0 aliphatic carbocycles. The van der Waals surface area contributed by atoms with Gasteiger partial charge in [-0.15, -0.1) is 11.8 Å². The lowest BCUT2D eigenvalue weighted by atomic mass is 10.0. The van der Waals surface area contributed by atoms with Crippen molar-refractivity contribution in [1.29, 1.82) is 0 Å². The molecule has 1 rings (SSSR count). The molecular formula is C14H16F3N. The van der Waals surface area contributed by atoms with E-state index in [9.17, 15) is 13.2 Å². The molecule has 1 nitrogen and oxygen atoms in total. The molecule has 1 aromatic rings. The van der Waals surface area contributed by atoms with Crippen molar-refractivity contribution in [3.63, 3.8) is 0 Å². The molecule has 0 bridgehead atoms. The van der Waals surface area contributed by atoms with Crippen LogP contribution in [0.5, 0.6) is 0 Å². The van der Waals surface area contributed by atoms with E-state index in [1.807, 2.05) is 6.92 Å². The van der Waals surface area contributed by atoms with Gasteiger partial charge < -0.3 is 5.32 Å². The first-order valence-corrected chi connectivity index (χ1v) is 5.79. The molecular weight excluding hydrogens is 239 g/mol. The van der Waals surface area contributed by atoms with E-state index in [1.165, 1.54) is 12.1 Å². The van der Waals surface area contributed by atoms with Gasteiger partial charge in [0, 0.05) is 12.5 Å². The van der Waals surface area contributed by atoms with E-state index in [-0.39, 0.29) is 6.04 Å². The summed E-state index contributed by atoms with van der Waals surface area (Å²) in [5.41, 5.74) is 0.204. The largest absolute Gasteiger partial charge is 0.416 e. The first-order valence-electron chi connectivity index (χ1n) is 5.79. The smallest absolute Gasteiger partial charge is 0.309 e. The molecule has 0 amide bonds. The minimum absolute atomic E-state index is 0.0234. The van der Waals surface area contributed by atoms with Crippen LogP contribution < -0.4 is 5.32 Å². The van der Waals surface area contributed by atoms with Gasteiger partial charge in [-0.1, -0.05) is 19.1 Å². The van der Waals surface area contributed by atoms with Crippen LogP contribution in [0.1, 0.15) is 37.4 Å². The van der Waals surface area contributed by atoms with E-state index in [0.717, 1.165) is 24.2 Å². The zero-order chi connectivity index (χ0) is 13.6. The van der Waals surface area contributed by atoms with Crippen molar-refractivity contribution in [2.45, 2.75) is 32.5 Å². The lowest BCUT2D eigenvalue weighted by Gasteiger charge is -2.16. The Morgan fingerprint density at radius 3 is 2.28 bits per heavy atom. The fourth-order valence-electron chi connectivity index (χ4n) is 1.66. The van der Waals surface area contributed by atoms with Crippen molar-refractivity contribution in [2.24, 2.45) is 0 Å². The molecule has 0 aliphatic rings. The molecule has 1 aromatic carbocycles. The molecule has 1 N–H and O–H groups in total. The van der Waals surface area contributed by atoms with Gasteiger partial charge in [0.25, 0.3) is 0 Å². The van der Waals surface area contributed by atoms with E-state index in [4.69, 9.17) is 0 Å². The van der Waals surface area contributed by atoms with Crippen molar-refractivity contribution in [1.82, 2.24) is 5.32 Å². The molecule has 18 heavy (non-hydrogen) atoms. The predicted octanol–water partition coefficient (Wildman–Crippen LogP) is 3.77. The van der Waals surface area contributed by atoms with Crippen LogP contribution in [0.15, 0.2) is 24.3 Å². The summed E-state index contributed by atoms with van der Waals surface area (Å²) in [6, 6.07) is 5.21. The van der Waals surface area contributed by atoms with Crippen LogP contribution in [0.2, 0.25) is 0 Å². The molecule has 4 heteroatoms. The number of benzene rings is 1. The fraction of sp³-hybridized carbons (Fsp3) is 0.429. The maximum Gasteiger partial charge on any atom is 0.416 e. The van der Waals surface area contributed by atoms with E-state index < -0.39 is 11.7 Å². The minimum Gasteiger partial charge on any atom is -0.309 e. The van der Waals surface area contributed by atoms with Gasteiger partial charge in [-0.2, -0.15) is 13.2 Å². The van der Waals surface area contributed by atoms with Gasteiger partial charge >= 0.3 is 6.18 Å². The average Bonchev–Trinajstić information content (AvgIpc) is 2.33. The molecule has 0 radical (unpaired) electrons. The first-order chi connectivity index (χ1) is 8.49. The lowest BCUT2D eigenvalue weighted by Crippen LogP contribution is -2.20. The van der Waals surface area contributed by atoms with Crippen molar-refractivity contribution < 1.29 is 13.2 Å². The highest BCUT2D eigenvalue weighted by molar-refractivity contribution is 5.27. The van der Waals surface area contributed by atoms with E-state index in [0.29, 0.717) is 6.42 Å². The third kappa shape index (κ3) is 4.08. The summed E-state index contributed by atoms with van der Waals surface area (Å²) in [5.74, 6) is 5.73. The summed E-state index contributed by atoms with van der Waals surface area (Å²) in [4.78, 5) is 0. The van der Waals surface area contributed by atoms with E-state index in [1.54, 1.807) is 6.92 Å². The van der Waals surface area contributed by atoms with Crippen LogP contribution in [0, 0.1) is 11.8 Å². The van der Waals surface area contributed by atoms with Gasteiger partial charge in [-0.3, -0.25) is 0 Å². The van der Waals surface area contributed by atoms with Crippen LogP contribution in [-0.4, -0.2) is 6.54 Å². The maximum absolute atomic E-state index is 12.4. The Morgan fingerprint density at radius 2 is 1.83 bits per heavy atom. The van der Waals surface area contributed by atoms with E-state index in [2.05, 4.69) is 17.2 Å². The van der Waals surface area contributed by atoms with Crippen LogP contribution in [-0.2, 0) is 6.18 Å². The number of halogens is 3. The lowest BCUT2D eigenvalue weighted by molar-refractivity contribution is -0.137. The van der Waals surface area contributed by atoms with Crippen LogP contribution in [0.4, 0.5) is 13.2 Å². The minimum atomic E-state index is -4.28. The highest BCUT2D eigenvalue weighted by atomic mass is 19.4. The molecule has 0 aromatic heterocycles. The Bertz CT molecular complexity index is 423. The number of rotatable bonds is 4. The Kier molecular flexibility index (Phi) is 5.24. The molecule has 0 aliphatic heterocycles. The SMILES string of the molecule is CC#CCC(NCC)c1ccc(C(F)(F)F)cc1. The summed E-state index contributed by atoms with van der Waals surface area (Å²) in [7, 11) is 0. The fourth-order valence-corrected chi connectivity index (χ4v) is 1.66. The highest BCUT2D eigenvalue weighted by Gasteiger charge is 2.30. The van der Waals surface area contributed by atoms with Gasteiger partial charge in [-0.25, -0.2) is 0 Å². The van der Waals surface area contributed by atoms with Gasteiger partial charge in [0.1, 0.15) is 0 Å². The van der Waals surface area contributed by atoms with Crippen LogP contribution in [0.3, 0.4) is 0 Å². The summed E-state index contributed by atoms with van der Waals surface area (Å²) in [6.07, 6.45) is -3.69. The second kappa shape index (κ2) is 6.46. The third-order valence-electron chi connectivity index (χ3n) is 2.57. The monoisotopic (exact) mass is 255 g/mol. The molecule has 0 saturated carbocycles. The van der Waals surface area contributed by atoms with Gasteiger partial charge in [0.15, 0.2) is 0 Å². The van der Waals surface area contributed by atoms with Gasteiger partial charge in [0.05, 0.1) is 5.56 Å². The zero-order valence-electron chi connectivity index (χ0n) is 10.4.